The summed E-state index contributed by atoms with van der Waals surface area (Å²) >= 11 is 0. The zero-order chi connectivity index (χ0) is 24.7. The minimum absolute atomic E-state index is 0.0452. The van der Waals surface area contributed by atoms with Gasteiger partial charge in [-0.3, -0.25) is 4.79 Å². The van der Waals surface area contributed by atoms with E-state index >= 15 is 0 Å². The molecule has 1 aromatic carbocycles. The molecule has 2 unspecified atom stereocenters. The van der Waals surface area contributed by atoms with E-state index in [-0.39, 0.29) is 24.2 Å². The second kappa shape index (κ2) is 8.73. The first-order valence-electron chi connectivity index (χ1n) is 10.9. The summed E-state index contributed by atoms with van der Waals surface area (Å²) in [5.74, 6) is -0.835. The van der Waals surface area contributed by atoms with Gasteiger partial charge in [-0.25, -0.2) is 17.2 Å². The van der Waals surface area contributed by atoms with Crippen LogP contribution in [0.1, 0.15) is 49.3 Å². The maximum absolute atomic E-state index is 14.1. The number of aromatic amines is 1. The van der Waals surface area contributed by atoms with Crippen molar-refractivity contribution in [3.8, 4) is 0 Å². The third-order valence-electron chi connectivity index (χ3n) is 6.35. The molecular formula is C25H26N2O6S. The van der Waals surface area contributed by atoms with E-state index in [1.807, 2.05) is 18.2 Å². The van der Waals surface area contributed by atoms with Crippen molar-refractivity contribution in [3.63, 3.8) is 0 Å². The minimum Gasteiger partial charge on any atom is -0.461 e. The number of fused-ring (bicyclic) bond motifs is 1. The van der Waals surface area contributed by atoms with Crippen molar-refractivity contribution in [1.82, 2.24) is 8.96 Å². The van der Waals surface area contributed by atoms with E-state index in [1.165, 1.54) is 18.3 Å². The van der Waals surface area contributed by atoms with Crippen LogP contribution in [-0.4, -0.2) is 39.8 Å². The molecule has 3 aromatic rings. The van der Waals surface area contributed by atoms with Gasteiger partial charge in [0.2, 0.25) is 10.0 Å². The summed E-state index contributed by atoms with van der Waals surface area (Å²) in [6.45, 7) is 4.89. The fourth-order valence-electron chi connectivity index (χ4n) is 4.20. The Morgan fingerprint density at radius 1 is 1.26 bits per heavy atom. The normalized spacial score (nSPS) is 19.4. The molecule has 0 fully saturated rings. The van der Waals surface area contributed by atoms with Gasteiger partial charge in [0.15, 0.2) is 0 Å². The van der Waals surface area contributed by atoms with Crippen LogP contribution in [0.5, 0.6) is 0 Å². The number of hydrogen-bond acceptors (Lipinski definition) is 6. The number of nitrogens with zero attached hydrogens (tertiary/aromatic N) is 1. The van der Waals surface area contributed by atoms with Gasteiger partial charge in [-0.1, -0.05) is 42.5 Å². The van der Waals surface area contributed by atoms with Crippen LogP contribution in [-0.2, 0) is 14.8 Å². The molecule has 8 nitrogen and oxygen atoms in total. The molecule has 0 bridgehead atoms. The van der Waals surface area contributed by atoms with Gasteiger partial charge in [-0.15, -0.1) is 0 Å². The second-order valence-electron chi connectivity index (χ2n) is 8.41. The summed E-state index contributed by atoms with van der Waals surface area (Å²) in [7, 11) is -4.32. The van der Waals surface area contributed by atoms with Crippen LogP contribution in [0.4, 0.5) is 0 Å². The van der Waals surface area contributed by atoms with E-state index < -0.39 is 32.4 Å². The minimum atomic E-state index is -4.32. The van der Waals surface area contributed by atoms with Gasteiger partial charge in [0.05, 0.1) is 6.61 Å². The van der Waals surface area contributed by atoms with Gasteiger partial charge in [-0.05, 0) is 56.0 Å². The van der Waals surface area contributed by atoms with Crippen molar-refractivity contribution in [2.75, 3.05) is 6.61 Å². The topological polar surface area (TPSA) is 118 Å². The zero-order valence-electron chi connectivity index (χ0n) is 19.1. The molecule has 0 spiro atoms. The maximum atomic E-state index is 14.1. The fraction of sp³-hybridized carbons (Fsp3) is 0.280. The molecule has 0 aliphatic heterocycles. The number of H-pyrrole nitrogens is 1. The molecule has 178 valence electrons. The summed E-state index contributed by atoms with van der Waals surface area (Å²) in [6.07, 6.45) is 3.86. The average Bonchev–Trinajstić information content (AvgIpc) is 3.23. The van der Waals surface area contributed by atoms with Crippen LogP contribution < -0.4 is 5.56 Å². The van der Waals surface area contributed by atoms with Crippen LogP contribution in [0.25, 0.3) is 10.9 Å². The van der Waals surface area contributed by atoms with E-state index in [4.69, 9.17) is 4.74 Å². The van der Waals surface area contributed by atoms with Gasteiger partial charge < -0.3 is 14.8 Å². The Balaban J connectivity index is 1.84. The lowest BCUT2D eigenvalue weighted by atomic mass is 9.87. The van der Waals surface area contributed by atoms with Crippen molar-refractivity contribution >= 4 is 26.9 Å². The standard InChI is InChI=1S/C25H26N2O6S/c1-4-33-24(30)20-15-18-11-13-26-23(29)21(18)27(20)34(31,32)25(3)12-10-19(14-16(25)2)22(28)17-8-6-5-7-9-17/h5-11,13-15,22,28H,4,12H2,1-3H3,(H,26,29). The Morgan fingerprint density at radius 3 is 2.62 bits per heavy atom. The highest BCUT2D eigenvalue weighted by Gasteiger charge is 2.45. The first-order chi connectivity index (χ1) is 16.1. The van der Waals surface area contributed by atoms with Gasteiger partial charge >= 0.3 is 5.97 Å². The molecule has 0 amide bonds. The molecule has 9 heteroatoms. The van der Waals surface area contributed by atoms with Gasteiger partial charge in [0.25, 0.3) is 5.56 Å². The van der Waals surface area contributed by atoms with Gasteiger partial charge in [-0.2, -0.15) is 0 Å². The summed E-state index contributed by atoms with van der Waals surface area (Å²) < 4.78 is 32.6. The Hall–Kier alpha value is -3.43. The van der Waals surface area contributed by atoms with Crippen LogP contribution in [0.2, 0.25) is 0 Å². The smallest absolute Gasteiger partial charge is 0.356 e. The third kappa shape index (κ3) is 3.70. The summed E-state index contributed by atoms with van der Waals surface area (Å²) in [4.78, 5) is 27.8. The fourth-order valence-corrected chi connectivity index (χ4v) is 6.18. The highest BCUT2D eigenvalue weighted by molar-refractivity contribution is 7.91. The van der Waals surface area contributed by atoms with Crippen LogP contribution in [0, 0.1) is 0 Å². The van der Waals surface area contributed by atoms with Crippen molar-refractivity contribution in [1.29, 1.82) is 0 Å². The van der Waals surface area contributed by atoms with Crippen LogP contribution >= 0.6 is 0 Å². The van der Waals surface area contributed by atoms with E-state index in [1.54, 1.807) is 45.1 Å². The van der Waals surface area contributed by atoms with E-state index in [9.17, 15) is 23.1 Å². The van der Waals surface area contributed by atoms with Crippen LogP contribution in [0.3, 0.4) is 0 Å². The van der Waals surface area contributed by atoms with E-state index in [0.29, 0.717) is 22.1 Å². The predicted octanol–water partition coefficient (Wildman–Crippen LogP) is 3.45. The third-order valence-corrected chi connectivity index (χ3v) is 8.84. The number of ether oxygens (including phenoxy) is 1. The quantitative estimate of drug-likeness (QED) is 0.520. The first-order valence-corrected chi connectivity index (χ1v) is 12.3. The number of nitrogens with one attached hydrogen (secondary N) is 1. The SMILES string of the molecule is CCOC(=O)c1cc2cc[nH]c(=O)c2n1S(=O)(=O)C1(C)CC=C(C(O)c2ccccc2)C=C1C. The van der Waals surface area contributed by atoms with Crippen molar-refractivity contribution in [3.05, 3.63) is 93.6 Å². The highest BCUT2D eigenvalue weighted by atomic mass is 32.2. The Kier molecular flexibility index (Phi) is 6.09. The lowest BCUT2D eigenvalue weighted by Crippen LogP contribution is -2.43. The first kappa shape index (κ1) is 23.7. The molecule has 0 saturated carbocycles. The Morgan fingerprint density at radius 2 is 1.97 bits per heavy atom. The average molecular weight is 483 g/mol. The largest absolute Gasteiger partial charge is 0.461 e. The molecule has 0 saturated heterocycles. The van der Waals surface area contributed by atoms with E-state index in [2.05, 4.69) is 4.98 Å². The molecule has 1 aliphatic rings. The predicted molar refractivity (Wildman–Crippen MR) is 129 cm³/mol. The number of allylic oxidation sites excluding steroid dienone is 1. The van der Waals surface area contributed by atoms with Crippen molar-refractivity contribution < 1.29 is 23.1 Å². The molecular weight excluding hydrogens is 456 g/mol. The number of aromatic nitrogens is 2. The van der Waals surface area contributed by atoms with Crippen molar-refractivity contribution in [2.24, 2.45) is 0 Å². The lowest BCUT2D eigenvalue weighted by Gasteiger charge is -2.34. The van der Waals surface area contributed by atoms with E-state index in [0.717, 1.165) is 3.97 Å². The maximum Gasteiger partial charge on any atom is 0.356 e. The number of benzene rings is 1. The highest BCUT2D eigenvalue weighted by Crippen LogP contribution is 2.40. The summed E-state index contributed by atoms with van der Waals surface area (Å²) in [5, 5.41) is 11.1. The number of carbonyl (C=O) groups excluding carboxylic acids is 1. The Labute approximate surface area is 197 Å². The summed E-state index contributed by atoms with van der Waals surface area (Å²) in [6, 6.07) is 12.0. The molecule has 2 aromatic heterocycles. The molecule has 2 N–H and O–H groups in total. The molecule has 4 rings (SSSR count). The molecule has 2 heterocycles. The zero-order valence-corrected chi connectivity index (χ0v) is 19.9. The van der Waals surface area contributed by atoms with Crippen LogP contribution in [0.15, 0.2) is 76.8 Å². The Bertz CT molecular complexity index is 1480. The number of pyridine rings is 1. The van der Waals surface area contributed by atoms with Gasteiger partial charge in [0, 0.05) is 11.6 Å². The number of hydrogen-bond donors (Lipinski definition) is 2. The molecule has 0 radical (unpaired) electrons. The molecule has 2 atom stereocenters. The van der Waals surface area contributed by atoms with Crippen molar-refractivity contribution in [2.45, 2.75) is 38.0 Å². The second-order valence-corrected chi connectivity index (χ2v) is 10.6. The number of rotatable bonds is 6. The molecule has 34 heavy (non-hydrogen) atoms. The van der Waals surface area contributed by atoms with Gasteiger partial charge in [0.1, 0.15) is 22.1 Å². The number of carbonyl (C=O) groups is 1. The summed E-state index contributed by atoms with van der Waals surface area (Å²) in [5.41, 5.74) is 0.742. The number of esters is 1. The number of aliphatic hydroxyl groups excluding tert-OH is 1. The molecule has 1 aliphatic carbocycles. The monoisotopic (exact) mass is 482 g/mol. The number of aliphatic hydroxyl groups is 1. The lowest BCUT2D eigenvalue weighted by molar-refractivity contribution is 0.0518.